The van der Waals surface area contributed by atoms with Gasteiger partial charge in [-0.25, -0.2) is 0 Å². The Balaban J connectivity index is 2.24. The van der Waals surface area contributed by atoms with E-state index in [9.17, 15) is 4.79 Å². The van der Waals surface area contributed by atoms with Crippen molar-refractivity contribution in [2.24, 2.45) is 0 Å². The summed E-state index contributed by atoms with van der Waals surface area (Å²) in [5.41, 5.74) is 3.35. The SMILES string of the molecule is Cc1cncc(C(=O)Nc2cc(Br)ccc2C)c1. The van der Waals surface area contributed by atoms with E-state index >= 15 is 0 Å². The highest BCUT2D eigenvalue weighted by molar-refractivity contribution is 9.10. The highest BCUT2D eigenvalue weighted by Crippen LogP contribution is 2.21. The molecule has 0 aliphatic carbocycles. The minimum absolute atomic E-state index is 0.146. The molecule has 1 aromatic carbocycles. The summed E-state index contributed by atoms with van der Waals surface area (Å²) >= 11 is 3.39. The van der Waals surface area contributed by atoms with Gasteiger partial charge in [0.15, 0.2) is 0 Å². The third-order valence-electron chi connectivity index (χ3n) is 2.58. The maximum atomic E-state index is 12.1. The number of aromatic nitrogens is 1. The van der Waals surface area contributed by atoms with Crippen LogP contribution in [0.15, 0.2) is 41.1 Å². The predicted molar refractivity (Wildman–Crippen MR) is 75.8 cm³/mol. The molecule has 0 saturated heterocycles. The number of amides is 1. The number of carbonyl (C=O) groups is 1. The van der Waals surface area contributed by atoms with Crippen LogP contribution < -0.4 is 5.32 Å². The van der Waals surface area contributed by atoms with Crippen molar-refractivity contribution in [3.05, 3.63) is 57.8 Å². The van der Waals surface area contributed by atoms with Crippen molar-refractivity contribution in [3.8, 4) is 0 Å². The van der Waals surface area contributed by atoms with Crippen LogP contribution in [0, 0.1) is 13.8 Å². The molecule has 3 nitrogen and oxygen atoms in total. The van der Waals surface area contributed by atoms with Crippen molar-refractivity contribution >= 4 is 27.5 Å². The number of benzene rings is 1. The molecule has 0 fully saturated rings. The molecule has 0 radical (unpaired) electrons. The number of nitrogens with one attached hydrogen (secondary N) is 1. The lowest BCUT2D eigenvalue weighted by Crippen LogP contribution is -2.13. The fraction of sp³-hybridized carbons (Fsp3) is 0.143. The zero-order valence-corrected chi connectivity index (χ0v) is 11.8. The van der Waals surface area contributed by atoms with E-state index in [0.717, 1.165) is 21.3 Å². The molecule has 2 aromatic rings. The van der Waals surface area contributed by atoms with Gasteiger partial charge in [0.25, 0.3) is 5.91 Å². The maximum absolute atomic E-state index is 12.1. The summed E-state index contributed by atoms with van der Waals surface area (Å²) in [6.45, 7) is 3.87. The van der Waals surface area contributed by atoms with Crippen LogP contribution in [-0.2, 0) is 0 Å². The molecule has 1 N–H and O–H groups in total. The standard InChI is InChI=1S/C14H13BrN2O/c1-9-5-11(8-16-7-9)14(18)17-13-6-12(15)4-3-10(13)2/h3-8H,1-2H3,(H,17,18). The molecule has 0 aliphatic rings. The molecule has 1 amide bonds. The average Bonchev–Trinajstić information content (AvgIpc) is 2.34. The molecule has 4 heteroatoms. The average molecular weight is 305 g/mol. The van der Waals surface area contributed by atoms with E-state index in [2.05, 4.69) is 26.2 Å². The molecule has 0 spiro atoms. The van der Waals surface area contributed by atoms with Crippen LogP contribution in [0.5, 0.6) is 0 Å². The summed E-state index contributed by atoms with van der Waals surface area (Å²) in [5.74, 6) is -0.146. The fourth-order valence-corrected chi connectivity index (χ4v) is 1.96. The van der Waals surface area contributed by atoms with E-state index < -0.39 is 0 Å². The number of pyridine rings is 1. The van der Waals surface area contributed by atoms with Crippen molar-refractivity contribution < 1.29 is 4.79 Å². The first-order chi connectivity index (χ1) is 8.56. The van der Waals surface area contributed by atoms with E-state index in [1.54, 1.807) is 12.4 Å². The van der Waals surface area contributed by atoms with Gasteiger partial charge in [-0.2, -0.15) is 0 Å². The summed E-state index contributed by atoms with van der Waals surface area (Å²) in [5, 5.41) is 2.89. The van der Waals surface area contributed by atoms with Crippen LogP contribution in [0.25, 0.3) is 0 Å². The van der Waals surface area contributed by atoms with Gasteiger partial charge in [0, 0.05) is 22.6 Å². The highest BCUT2D eigenvalue weighted by atomic mass is 79.9. The first kappa shape index (κ1) is 12.8. The van der Waals surface area contributed by atoms with Crippen LogP contribution in [0.3, 0.4) is 0 Å². The van der Waals surface area contributed by atoms with Gasteiger partial charge in [-0.15, -0.1) is 0 Å². The molecule has 92 valence electrons. The molecule has 1 heterocycles. The third kappa shape index (κ3) is 2.96. The second-order valence-corrected chi connectivity index (χ2v) is 5.08. The lowest BCUT2D eigenvalue weighted by atomic mass is 10.1. The van der Waals surface area contributed by atoms with Gasteiger partial charge in [0.2, 0.25) is 0 Å². The second-order valence-electron chi connectivity index (χ2n) is 4.16. The first-order valence-electron chi connectivity index (χ1n) is 5.55. The van der Waals surface area contributed by atoms with Gasteiger partial charge in [-0.3, -0.25) is 9.78 Å². The second kappa shape index (κ2) is 5.31. The number of rotatable bonds is 2. The summed E-state index contributed by atoms with van der Waals surface area (Å²) in [4.78, 5) is 16.1. The molecule has 0 saturated carbocycles. The van der Waals surface area contributed by atoms with E-state index in [4.69, 9.17) is 0 Å². The first-order valence-corrected chi connectivity index (χ1v) is 6.35. The quantitative estimate of drug-likeness (QED) is 0.919. The topological polar surface area (TPSA) is 42.0 Å². The Labute approximate surface area is 114 Å². The Kier molecular flexibility index (Phi) is 3.77. The molecule has 0 unspecified atom stereocenters. The van der Waals surface area contributed by atoms with Crippen molar-refractivity contribution in [2.45, 2.75) is 13.8 Å². The highest BCUT2D eigenvalue weighted by Gasteiger charge is 2.08. The van der Waals surface area contributed by atoms with E-state index in [1.807, 2.05) is 38.1 Å². The van der Waals surface area contributed by atoms with Gasteiger partial charge in [0.05, 0.1) is 5.56 Å². The van der Waals surface area contributed by atoms with Crippen LogP contribution in [0.4, 0.5) is 5.69 Å². The monoisotopic (exact) mass is 304 g/mol. The van der Waals surface area contributed by atoms with Crippen LogP contribution in [0.2, 0.25) is 0 Å². The predicted octanol–water partition coefficient (Wildman–Crippen LogP) is 3.71. The summed E-state index contributed by atoms with van der Waals surface area (Å²) in [7, 11) is 0. The molecule has 2 rings (SSSR count). The Morgan fingerprint density at radius 3 is 2.72 bits per heavy atom. The van der Waals surface area contributed by atoms with E-state index in [0.29, 0.717) is 5.56 Å². The lowest BCUT2D eigenvalue weighted by molar-refractivity contribution is 0.102. The van der Waals surface area contributed by atoms with Crippen molar-refractivity contribution in [2.75, 3.05) is 5.32 Å². The molecule has 1 aromatic heterocycles. The Hall–Kier alpha value is -1.68. The number of hydrogen-bond acceptors (Lipinski definition) is 2. The van der Waals surface area contributed by atoms with Crippen molar-refractivity contribution in [1.29, 1.82) is 0 Å². The summed E-state index contributed by atoms with van der Waals surface area (Å²) < 4.78 is 0.936. The summed E-state index contributed by atoms with van der Waals surface area (Å²) in [6, 6.07) is 7.60. The molecular formula is C14H13BrN2O. The number of halogens is 1. The largest absolute Gasteiger partial charge is 0.322 e. The van der Waals surface area contributed by atoms with Crippen LogP contribution in [-0.4, -0.2) is 10.9 Å². The minimum atomic E-state index is -0.146. The fourth-order valence-electron chi connectivity index (χ4n) is 1.60. The number of nitrogens with zero attached hydrogens (tertiary/aromatic N) is 1. The number of hydrogen-bond donors (Lipinski definition) is 1. The maximum Gasteiger partial charge on any atom is 0.257 e. The molecule has 0 atom stereocenters. The van der Waals surface area contributed by atoms with Crippen LogP contribution >= 0.6 is 15.9 Å². The van der Waals surface area contributed by atoms with Gasteiger partial charge >= 0.3 is 0 Å². The molecule has 0 aliphatic heterocycles. The van der Waals surface area contributed by atoms with Crippen LogP contribution in [0.1, 0.15) is 21.5 Å². The van der Waals surface area contributed by atoms with E-state index in [1.165, 1.54) is 0 Å². The van der Waals surface area contributed by atoms with Gasteiger partial charge in [-0.05, 0) is 43.2 Å². The molecule has 0 bridgehead atoms. The Bertz CT molecular complexity index is 596. The molecule has 18 heavy (non-hydrogen) atoms. The van der Waals surface area contributed by atoms with Gasteiger partial charge < -0.3 is 5.32 Å². The number of carbonyl (C=O) groups excluding carboxylic acids is 1. The Morgan fingerprint density at radius 1 is 1.22 bits per heavy atom. The molecular weight excluding hydrogens is 292 g/mol. The third-order valence-corrected chi connectivity index (χ3v) is 3.08. The Morgan fingerprint density at radius 2 is 2.00 bits per heavy atom. The summed E-state index contributed by atoms with van der Waals surface area (Å²) in [6.07, 6.45) is 3.29. The van der Waals surface area contributed by atoms with Crippen molar-refractivity contribution in [3.63, 3.8) is 0 Å². The van der Waals surface area contributed by atoms with Crippen molar-refractivity contribution in [1.82, 2.24) is 4.98 Å². The zero-order valence-electron chi connectivity index (χ0n) is 10.2. The smallest absolute Gasteiger partial charge is 0.257 e. The minimum Gasteiger partial charge on any atom is -0.322 e. The number of aryl methyl sites for hydroxylation is 2. The number of anilines is 1. The van der Waals surface area contributed by atoms with Gasteiger partial charge in [-0.1, -0.05) is 22.0 Å². The zero-order chi connectivity index (χ0) is 13.1. The lowest BCUT2D eigenvalue weighted by Gasteiger charge is -2.09. The normalized spacial score (nSPS) is 10.2. The van der Waals surface area contributed by atoms with Gasteiger partial charge in [0.1, 0.15) is 0 Å². The van der Waals surface area contributed by atoms with E-state index in [-0.39, 0.29) is 5.91 Å².